The van der Waals surface area contributed by atoms with Crippen LogP contribution in [0.2, 0.25) is 0 Å². The molecule has 0 saturated carbocycles. The summed E-state index contributed by atoms with van der Waals surface area (Å²) in [4.78, 5) is 19.5. The average Bonchev–Trinajstić information content (AvgIpc) is 2.00. The van der Waals surface area contributed by atoms with E-state index in [4.69, 9.17) is 27.1 Å². The molecular weight excluding hydrogens is 216 g/mol. The Morgan fingerprint density at radius 3 is 1.31 bits per heavy atom. The number of carbonyl (C=O) groups is 1. The number of rotatable bonds is 0. The quantitative estimate of drug-likeness (QED) is 0.437. The molecule has 1 rings (SSSR count). The zero-order valence-electron chi connectivity index (χ0n) is 9.34. The summed E-state index contributed by atoms with van der Waals surface area (Å²) in [6.07, 6.45) is 0. The van der Waals surface area contributed by atoms with E-state index < -0.39 is 5.97 Å². The predicted molar refractivity (Wildman–Crippen MR) is 59.3 cm³/mol. The largest absolute Gasteiger partial charge is 0.481 e. The number of anilines is 3. The Bertz CT molecular complexity index is 265. The normalized spacial score (nSPS) is 7.94. The van der Waals surface area contributed by atoms with Gasteiger partial charge in [-0.1, -0.05) is 0 Å². The Kier molecular flexibility index (Phi) is 9.56. The summed E-state index contributed by atoms with van der Waals surface area (Å²) in [5, 5.41) is 7.42. The van der Waals surface area contributed by atoms with Gasteiger partial charge in [0.1, 0.15) is 0 Å². The van der Waals surface area contributed by atoms with Gasteiger partial charge < -0.3 is 27.0 Å². The van der Waals surface area contributed by atoms with Gasteiger partial charge in [-0.15, -0.1) is 0 Å². The fourth-order valence-corrected chi connectivity index (χ4v) is 0.427. The average molecular weight is 232 g/mol. The van der Waals surface area contributed by atoms with Crippen LogP contribution >= 0.6 is 0 Å². The van der Waals surface area contributed by atoms with E-state index in [0.717, 1.165) is 6.92 Å². The number of aliphatic carboxylic acids is 1. The zero-order chi connectivity index (χ0) is 13.1. The Balaban J connectivity index is 0. The Labute approximate surface area is 92.7 Å². The van der Waals surface area contributed by atoms with Crippen LogP contribution in [0.4, 0.5) is 17.8 Å². The minimum absolute atomic E-state index is 0.0417. The molecule has 0 aliphatic heterocycles. The van der Waals surface area contributed by atoms with E-state index in [1.807, 2.05) is 0 Å². The maximum absolute atomic E-state index is 9.00. The lowest BCUT2D eigenvalue weighted by molar-refractivity contribution is -0.134. The van der Waals surface area contributed by atoms with Crippen molar-refractivity contribution in [1.82, 2.24) is 15.0 Å². The fraction of sp³-hybridized carbons (Fsp3) is 0.429. The SMILES string of the molecule is CC(=O)O.COC.Nc1nc(N)nc(N)n1. The van der Waals surface area contributed by atoms with Crippen LogP contribution in [0, 0.1) is 0 Å². The van der Waals surface area contributed by atoms with E-state index in [1.54, 1.807) is 14.2 Å². The number of nitrogens with two attached hydrogens (primary N) is 3. The van der Waals surface area contributed by atoms with Gasteiger partial charge >= 0.3 is 0 Å². The molecule has 0 bridgehead atoms. The van der Waals surface area contributed by atoms with Gasteiger partial charge in [-0.25, -0.2) is 0 Å². The van der Waals surface area contributed by atoms with Crippen LogP contribution in [-0.4, -0.2) is 40.2 Å². The van der Waals surface area contributed by atoms with Crippen molar-refractivity contribution in [2.75, 3.05) is 31.4 Å². The maximum Gasteiger partial charge on any atom is 0.300 e. The molecule has 92 valence electrons. The second-order valence-electron chi connectivity index (χ2n) is 2.34. The number of nitrogen functional groups attached to an aromatic ring is 3. The van der Waals surface area contributed by atoms with Gasteiger partial charge in [-0.2, -0.15) is 15.0 Å². The molecule has 0 fully saturated rings. The molecule has 0 radical (unpaired) electrons. The first kappa shape index (κ1) is 16.3. The number of hydrogen-bond donors (Lipinski definition) is 4. The van der Waals surface area contributed by atoms with Crippen LogP contribution in [0.25, 0.3) is 0 Å². The monoisotopic (exact) mass is 232 g/mol. The summed E-state index contributed by atoms with van der Waals surface area (Å²) < 4.78 is 4.25. The highest BCUT2D eigenvalue weighted by Crippen LogP contribution is 1.97. The van der Waals surface area contributed by atoms with Gasteiger partial charge in [0.05, 0.1) is 0 Å². The lowest BCUT2D eigenvalue weighted by atomic mass is 10.9. The third-order valence-electron chi connectivity index (χ3n) is 0.687. The van der Waals surface area contributed by atoms with Crippen molar-refractivity contribution in [1.29, 1.82) is 0 Å². The van der Waals surface area contributed by atoms with Crippen molar-refractivity contribution in [3.8, 4) is 0 Å². The van der Waals surface area contributed by atoms with Gasteiger partial charge in [0.2, 0.25) is 17.8 Å². The number of nitrogens with zero attached hydrogens (tertiary/aromatic N) is 3. The van der Waals surface area contributed by atoms with Crippen LogP contribution in [-0.2, 0) is 9.53 Å². The highest BCUT2D eigenvalue weighted by Gasteiger charge is 1.93. The summed E-state index contributed by atoms with van der Waals surface area (Å²) >= 11 is 0. The van der Waals surface area contributed by atoms with E-state index in [1.165, 1.54) is 0 Å². The smallest absolute Gasteiger partial charge is 0.300 e. The molecule has 7 N–H and O–H groups in total. The molecule has 0 aromatic carbocycles. The lowest BCUT2D eigenvalue weighted by Crippen LogP contribution is -2.05. The molecule has 1 aromatic rings. The standard InChI is InChI=1S/C3H6N6.C2H4O2.C2H6O/c4-1-7-2(5)9-3(6)8-1;1-2(3)4;1-3-2/h(H6,4,5,6,7,8,9);1H3,(H,3,4);1-2H3. The second-order valence-corrected chi connectivity index (χ2v) is 2.34. The molecule has 9 heteroatoms. The molecule has 0 saturated heterocycles. The van der Waals surface area contributed by atoms with Crippen LogP contribution < -0.4 is 17.2 Å². The van der Waals surface area contributed by atoms with Crippen LogP contribution in [0.1, 0.15) is 6.92 Å². The summed E-state index contributed by atoms with van der Waals surface area (Å²) in [7, 11) is 3.25. The number of methoxy groups -OCH3 is 1. The minimum Gasteiger partial charge on any atom is -0.481 e. The molecule has 0 unspecified atom stereocenters. The molecule has 9 nitrogen and oxygen atoms in total. The molecule has 0 aliphatic rings. The summed E-state index contributed by atoms with van der Waals surface area (Å²) in [5.41, 5.74) is 15.4. The first-order chi connectivity index (χ1) is 7.33. The number of ether oxygens (including phenoxy) is 1. The van der Waals surface area contributed by atoms with E-state index >= 15 is 0 Å². The van der Waals surface area contributed by atoms with Gasteiger partial charge in [0.25, 0.3) is 5.97 Å². The second kappa shape index (κ2) is 9.40. The molecule has 0 spiro atoms. The van der Waals surface area contributed by atoms with Crippen LogP contribution in [0.5, 0.6) is 0 Å². The lowest BCUT2D eigenvalue weighted by Gasteiger charge is -1.93. The zero-order valence-corrected chi connectivity index (χ0v) is 9.34. The number of carboxylic acids is 1. The Hall–Kier alpha value is -2.16. The van der Waals surface area contributed by atoms with Gasteiger partial charge in [0, 0.05) is 21.1 Å². The van der Waals surface area contributed by atoms with Crippen molar-refractivity contribution in [3.63, 3.8) is 0 Å². The van der Waals surface area contributed by atoms with Gasteiger partial charge in [-0.3, -0.25) is 4.79 Å². The summed E-state index contributed by atoms with van der Waals surface area (Å²) in [6.45, 7) is 1.08. The number of hydrogen-bond acceptors (Lipinski definition) is 8. The Morgan fingerprint density at radius 2 is 1.19 bits per heavy atom. The highest BCUT2D eigenvalue weighted by atomic mass is 16.4. The predicted octanol–water partition coefficient (Wildman–Crippen LogP) is -1.03. The van der Waals surface area contributed by atoms with E-state index in [9.17, 15) is 0 Å². The molecular formula is C7H16N6O3. The minimum atomic E-state index is -0.833. The van der Waals surface area contributed by atoms with Crippen LogP contribution in [0.3, 0.4) is 0 Å². The van der Waals surface area contributed by atoms with Crippen molar-refractivity contribution in [3.05, 3.63) is 0 Å². The molecule has 0 aliphatic carbocycles. The number of carboxylic acid groups (broad SMARTS) is 1. The highest BCUT2D eigenvalue weighted by molar-refractivity contribution is 5.62. The van der Waals surface area contributed by atoms with E-state index in [0.29, 0.717) is 0 Å². The van der Waals surface area contributed by atoms with Crippen molar-refractivity contribution in [2.45, 2.75) is 6.92 Å². The molecule has 0 atom stereocenters. The van der Waals surface area contributed by atoms with Crippen molar-refractivity contribution < 1.29 is 14.6 Å². The van der Waals surface area contributed by atoms with Gasteiger partial charge in [-0.05, 0) is 0 Å². The number of aromatic nitrogens is 3. The van der Waals surface area contributed by atoms with E-state index in [2.05, 4.69) is 19.7 Å². The molecule has 0 amide bonds. The Morgan fingerprint density at radius 1 is 1.06 bits per heavy atom. The molecule has 1 heterocycles. The first-order valence-corrected chi connectivity index (χ1v) is 3.95. The first-order valence-electron chi connectivity index (χ1n) is 3.95. The van der Waals surface area contributed by atoms with Crippen molar-refractivity contribution in [2.24, 2.45) is 0 Å². The van der Waals surface area contributed by atoms with E-state index in [-0.39, 0.29) is 17.8 Å². The van der Waals surface area contributed by atoms with Gasteiger partial charge in [0.15, 0.2) is 0 Å². The fourth-order valence-electron chi connectivity index (χ4n) is 0.427. The summed E-state index contributed by atoms with van der Waals surface area (Å²) in [6, 6.07) is 0. The van der Waals surface area contributed by atoms with Crippen molar-refractivity contribution >= 4 is 23.8 Å². The molecule has 16 heavy (non-hydrogen) atoms. The maximum atomic E-state index is 9.00. The molecule has 1 aromatic heterocycles. The third kappa shape index (κ3) is 14.4. The summed E-state index contributed by atoms with van der Waals surface area (Å²) in [5.74, 6) is -0.708. The van der Waals surface area contributed by atoms with Crippen LogP contribution in [0.15, 0.2) is 0 Å². The third-order valence-corrected chi connectivity index (χ3v) is 0.687. The topological polar surface area (TPSA) is 163 Å².